The van der Waals surface area contributed by atoms with Crippen molar-refractivity contribution in [1.29, 1.82) is 0 Å². The Labute approximate surface area is 93.2 Å². The molecule has 1 heterocycles. The van der Waals surface area contributed by atoms with Crippen LogP contribution in [0.2, 0.25) is 0 Å². The van der Waals surface area contributed by atoms with Crippen molar-refractivity contribution in [3.8, 4) is 0 Å². The fourth-order valence-corrected chi connectivity index (χ4v) is 1.33. The molecule has 0 aliphatic rings. The minimum atomic E-state index is -3.14. The summed E-state index contributed by atoms with van der Waals surface area (Å²) >= 11 is 5.09. The number of carbonyl (C=O) groups is 1. The van der Waals surface area contributed by atoms with Gasteiger partial charge in [-0.15, -0.1) is 0 Å². The van der Waals surface area contributed by atoms with Crippen LogP contribution in [0, 0.1) is 17.0 Å². The molecule has 16 heavy (non-hydrogen) atoms. The molecule has 0 radical (unpaired) electrons. The van der Waals surface area contributed by atoms with E-state index in [1.807, 2.05) is 0 Å². The van der Waals surface area contributed by atoms with Gasteiger partial charge in [-0.3, -0.25) is 14.9 Å². The van der Waals surface area contributed by atoms with Crippen molar-refractivity contribution in [3.63, 3.8) is 0 Å². The lowest BCUT2D eigenvalue weighted by atomic mass is 10.1. The number of pyridine rings is 1. The number of nitro groups is 1. The van der Waals surface area contributed by atoms with E-state index in [2.05, 4.69) is 4.98 Å². The molecule has 0 saturated heterocycles. The molecule has 0 aromatic carbocycles. The van der Waals surface area contributed by atoms with Crippen molar-refractivity contribution in [2.24, 2.45) is 0 Å². The summed E-state index contributed by atoms with van der Waals surface area (Å²) in [6.45, 7) is 1.33. The van der Waals surface area contributed by atoms with E-state index in [0.29, 0.717) is 0 Å². The van der Waals surface area contributed by atoms with Crippen LogP contribution in [-0.4, -0.2) is 15.1 Å². The second-order valence-electron chi connectivity index (χ2n) is 2.88. The van der Waals surface area contributed by atoms with Crippen LogP contribution in [0.15, 0.2) is 6.07 Å². The maximum absolute atomic E-state index is 12.5. The third-order valence-electron chi connectivity index (χ3n) is 1.75. The molecule has 0 spiro atoms. The van der Waals surface area contributed by atoms with Gasteiger partial charge in [0.1, 0.15) is 5.56 Å². The van der Waals surface area contributed by atoms with Gasteiger partial charge in [-0.05, 0) is 24.6 Å². The van der Waals surface area contributed by atoms with E-state index < -0.39 is 33.5 Å². The number of carbonyl (C=O) groups excluding carboxylic acids is 1. The first-order chi connectivity index (χ1) is 7.34. The Morgan fingerprint density at radius 2 is 2.19 bits per heavy atom. The summed E-state index contributed by atoms with van der Waals surface area (Å²) < 4.78 is 25.0. The fourth-order valence-electron chi connectivity index (χ4n) is 1.18. The zero-order valence-electron chi connectivity index (χ0n) is 7.91. The van der Waals surface area contributed by atoms with Gasteiger partial charge in [0.25, 0.3) is 11.7 Å². The number of aryl methyl sites for hydroxylation is 1. The number of nitrogens with zero attached hydrogens (tertiary/aromatic N) is 2. The second-order valence-corrected chi connectivity index (χ2v) is 3.22. The van der Waals surface area contributed by atoms with Gasteiger partial charge in [-0.1, -0.05) is 0 Å². The molecule has 86 valence electrons. The Bertz CT molecular complexity index is 465. The van der Waals surface area contributed by atoms with Gasteiger partial charge in [0.15, 0.2) is 5.69 Å². The van der Waals surface area contributed by atoms with Crippen molar-refractivity contribution in [2.45, 2.75) is 13.3 Å². The standard InChI is InChI=1S/C8H5ClF2N2O3/c1-3-2-4(7(9)14)6(13(15)16)5(12-3)8(10)11/h2,8H,1H3. The summed E-state index contributed by atoms with van der Waals surface area (Å²) in [4.78, 5) is 23.7. The van der Waals surface area contributed by atoms with Crippen LogP contribution in [0.25, 0.3) is 0 Å². The third-order valence-corrected chi connectivity index (χ3v) is 1.95. The highest BCUT2D eigenvalue weighted by Gasteiger charge is 2.30. The summed E-state index contributed by atoms with van der Waals surface area (Å²) in [5.41, 5.74) is -2.60. The molecule has 1 rings (SSSR count). The number of halogens is 3. The van der Waals surface area contributed by atoms with Gasteiger partial charge in [0.05, 0.1) is 4.92 Å². The maximum atomic E-state index is 12.5. The summed E-state index contributed by atoms with van der Waals surface area (Å²) in [6, 6.07) is 0.999. The van der Waals surface area contributed by atoms with E-state index >= 15 is 0 Å². The first-order valence-corrected chi connectivity index (χ1v) is 4.36. The molecule has 0 aliphatic carbocycles. The number of hydrogen-bond donors (Lipinski definition) is 0. The smallest absolute Gasteiger partial charge is 0.275 e. The van der Waals surface area contributed by atoms with E-state index in [9.17, 15) is 23.7 Å². The monoisotopic (exact) mass is 250 g/mol. The first-order valence-electron chi connectivity index (χ1n) is 3.98. The number of rotatable bonds is 3. The lowest BCUT2D eigenvalue weighted by Crippen LogP contribution is -2.07. The van der Waals surface area contributed by atoms with E-state index in [1.165, 1.54) is 6.92 Å². The molecule has 0 aliphatic heterocycles. The van der Waals surface area contributed by atoms with Gasteiger partial charge in [0.2, 0.25) is 0 Å². The predicted molar refractivity (Wildman–Crippen MR) is 50.8 cm³/mol. The molecule has 0 saturated carbocycles. The molecular weight excluding hydrogens is 246 g/mol. The normalized spacial score (nSPS) is 10.6. The second kappa shape index (κ2) is 4.48. The highest BCUT2D eigenvalue weighted by molar-refractivity contribution is 6.68. The highest BCUT2D eigenvalue weighted by Crippen LogP contribution is 2.31. The van der Waals surface area contributed by atoms with Crippen LogP contribution in [0.4, 0.5) is 14.5 Å². The lowest BCUT2D eigenvalue weighted by molar-refractivity contribution is -0.386. The van der Waals surface area contributed by atoms with Crippen molar-refractivity contribution < 1.29 is 18.5 Å². The van der Waals surface area contributed by atoms with Crippen molar-refractivity contribution in [1.82, 2.24) is 4.98 Å². The Morgan fingerprint density at radius 1 is 1.62 bits per heavy atom. The van der Waals surface area contributed by atoms with Crippen LogP contribution in [0.1, 0.15) is 28.2 Å². The SMILES string of the molecule is Cc1cc(C(=O)Cl)c([N+](=O)[O-])c(C(F)F)n1. The number of alkyl halides is 2. The van der Waals surface area contributed by atoms with Gasteiger partial charge < -0.3 is 0 Å². The van der Waals surface area contributed by atoms with Crippen LogP contribution < -0.4 is 0 Å². The number of aromatic nitrogens is 1. The molecule has 0 bridgehead atoms. The molecule has 0 fully saturated rings. The van der Waals surface area contributed by atoms with E-state index in [4.69, 9.17) is 11.6 Å². The number of hydrogen-bond acceptors (Lipinski definition) is 4. The maximum Gasteiger partial charge on any atom is 0.308 e. The average Bonchev–Trinajstić information content (AvgIpc) is 2.15. The summed E-state index contributed by atoms with van der Waals surface area (Å²) in [5, 5.41) is 9.42. The van der Waals surface area contributed by atoms with Crippen molar-refractivity contribution >= 4 is 22.5 Å². The largest absolute Gasteiger partial charge is 0.308 e. The zero-order chi connectivity index (χ0) is 12.5. The molecule has 5 nitrogen and oxygen atoms in total. The lowest BCUT2D eigenvalue weighted by Gasteiger charge is -2.05. The van der Waals surface area contributed by atoms with Gasteiger partial charge in [0, 0.05) is 5.69 Å². The summed E-state index contributed by atoms with van der Waals surface area (Å²) in [5.74, 6) is 0. The van der Waals surface area contributed by atoms with E-state index in [-0.39, 0.29) is 5.69 Å². The third kappa shape index (κ3) is 2.30. The molecular formula is C8H5ClF2N2O3. The summed E-state index contributed by atoms with van der Waals surface area (Å²) in [6.07, 6.45) is -3.14. The molecule has 8 heteroatoms. The van der Waals surface area contributed by atoms with Crippen molar-refractivity contribution in [3.05, 3.63) is 33.1 Å². The Hall–Kier alpha value is -1.63. The van der Waals surface area contributed by atoms with Crippen LogP contribution >= 0.6 is 11.6 Å². The Balaban J connectivity index is 3.60. The highest BCUT2D eigenvalue weighted by atomic mass is 35.5. The summed E-state index contributed by atoms with van der Waals surface area (Å²) in [7, 11) is 0. The van der Waals surface area contributed by atoms with Crippen molar-refractivity contribution in [2.75, 3.05) is 0 Å². The predicted octanol–water partition coefficient (Wildman–Crippen LogP) is 2.61. The Morgan fingerprint density at radius 3 is 2.56 bits per heavy atom. The van der Waals surface area contributed by atoms with Crippen LogP contribution in [-0.2, 0) is 0 Å². The molecule has 1 aromatic rings. The zero-order valence-corrected chi connectivity index (χ0v) is 8.66. The molecule has 0 atom stereocenters. The van der Waals surface area contributed by atoms with Gasteiger partial charge in [-0.2, -0.15) is 0 Å². The molecule has 0 amide bonds. The van der Waals surface area contributed by atoms with Crippen LogP contribution in [0.5, 0.6) is 0 Å². The van der Waals surface area contributed by atoms with E-state index in [0.717, 1.165) is 6.07 Å². The fraction of sp³-hybridized carbons (Fsp3) is 0.250. The minimum absolute atomic E-state index is 0.0601. The van der Waals surface area contributed by atoms with Crippen LogP contribution in [0.3, 0.4) is 0 Å². The van der Waals surface area contributed by atoms with Gasteiger partial charge in [-0.25, -0.2) is 13.8 Å². The molecule has 0 unspecified atom stereocenters. The van der Waals surface area contributed by atoms with Gasteiger partial charge >= 0.3 is 5.69 Å². The quantitative estimate of drug-likeness (QED) is 0.469. The molecule has 0 N–H and O–H groups in total. The first kappa shape index (κ1) is 12.4. The minimum Gasteiger partial charge on any atom is -0.275 e. The van der Waals surface area contributed by atoms with E-state index in [1.54, 1.807) is 0 Å². The molecule has 1 aromatic heterocycles. The Kier molecular flexibility index (Phi) is 3.48. The average molecular weight is 251 g/mol. The topological polar surface area (TPSA) is 73.1 Å².